The summed E-state index contributed by atoms with van der Waals surface area (Å²) in [4.78, 5) is 14.9. The number of hydrogen-bond donors (Lipinski definition) is 1. The van der Waals surface area contributed by atoms with Gasteiger partial charge < -0.3 is 5.32 Å². The van der Waals surface area contributed by atoms with Gasteiger partial charge in [0.2, 0.25) is 5.91 Å². The third-order valence-electron chi connectivity index (χ3n) is 5.51. The van der Waals surface area contributed by atoms with E-state index in [0.717, 1.165) is 21.9 Å². The molecule has 0 saturated heterocycles. The first kappa shape index (κ1) is 22.0. The Hall–Kier alpha value is -2.70. The van der Waals surface area contributed by atoms with Gasteiger partial charge in [0, 0.05) is 12.3 Å². The van der Waals surface area contributed by atoms with Gasteiger partial charge in [-0.05, 0) is 54.9 Å². The minimum absolute atomic E-state index is 0.0304. The summed E-state index contributed by atoms with van der Waals surface area (Å²) in [6.45, 7) is 4.23. The van der Waals surface area contributed by atoms with Crippen molar-refractivity contribution in [3.63, 3.8) is 0 Å². The molecule has 0 saturated carbocycles. The van der Waals surface area contributed by atoms with Crippen molar-refractivity contribution in [3.8, 4) is 0 Å². The number of rotatable bonds is 7. The molecule has 0 bridgehead atoms. The average Bonchev–Trinajstić information content (AvgIpc) is 2.72. The lowest BCUT2D eigenvalue weighted by Crippen LogP contribution is -2.37. The molecule has 3 aromatic rings. The summed E-state index contributed by atoms with van der Waals surface area (Å²) in [5.74, 6) is -0.0578. The standard InChI is InChI=1S/C24H28N2O3S/c1-17(22-11-7-9-20-8-5-6-10-23(20)22)25-24(27)16-26(3)18(2)19-12-14-21(15-13-19)30(4,28)29/h5-15,17-18H,16H2,1-4H3,(H,25,27)/t17-,18+/m0/s1. The van der Waals surface area contributed by atoms with Crippen molar-refractivity contribution in [1.82, 2.24) is 10.2 Å². The summed E-state index contributed by atoms with van der Waals surface area (Å²) in [7, 11) is -1.33. The van der Waals surface area contributed by atoms with Crippen LogP contribution in [-0.4, -0.2) is 39.1 Å². The zero-order chi connectivity index (χ0) is 21.9. The number of likely N-dealkylation sites (N-methyl/N-ethyl adjacent to an activating group) is 1. The fourth-order valence-corrected chi connectivity index (χ4v) is 4.23. The van der Waals surface area contributed by atoms with Crippen molar-refractivity contribution in [2.45, 2.75) is 30.8 Å². The highest BCUT2D eigenvalue weighted by molar-refractivity contribution is 7.90. The van der Waals surface area contributed by atoms with Crippen LogP contribution in [-0.2, 0) is 14.6 Å². The number of fused-ring (bicyclic) bond motifs is 1. The van der Waals surface area contributed by atoms with Crippen molar-refractivity contribution in [2.24, 2.45) is 0 Å². The Labute approximate surface area is 178 Å². The molecule has 3 aromatic carbocycles. The SMILES string of the molecule is C[C@H](NC(=O)CN(C)[C@H](C)c1ccc(S(C)(=O)=O)cc1)c1cccc2ccccc12. The van der Waals surface area contributed by atoms with Crippen molar-refractivity contribution in [1.29, 1.82) is 0 Å². The van der Waals surface area contributed by atoms with Gasteiger partial charge in [0.1, 0.15) is 0 Å². The molecule has 6 heteroatoms. The van der Waals surface area contributed by atoms with Gasteiger partial charge in [-0.15, -0.1) is 0 Å². The number of nitrogens with one attached hydrogen (secondary N) is 1. The predicted octanol–water partition coefficient (Wildman–Crippen LogP) is 4.11. The summed E-state index contributed by atoms with van der Waals surface area (Å²) in [6.07, 6.45) is 1.19. The summed E-state index contributed by atoms with van der Waals surface area (Å²) in [6, 6.07) is 20.9. The molecule has 0 unspecified atom stereocenters. The van der Waals surface area contributed by atoms with Gasteiger partial charge in [-0.25, -0.2) is 8.42 Å². The zero-order valence-corrected chi connectivity index (χ0v) is 18.6. The fourth-order valence-electron chi connectivity index (χ4n) is 3.60. The molecule has 0 fully saturated rings. The van der Waals surface area contributed by atoms with Gasteiger partial charge in [0.25, 0.3) is 0 Å². The second kappa shape index (κ2) is 8.98. The number of carbonyl (C=O) groups excluding carboxylic acids is 1. The van der Waals surface area contributed by atoms with Crippen molar-refractivity contribution >= 4 is 26.5 Å². The highest BCUT2D eigenvalue weighted by Crippen LogP contribution is 2.24. The molecule has 1 N–H and O–H groups in total. The van der Waals surface area contributed by atoms with Crippen LogP contribution in [0.1, 0.15) is 37.1 Å². The van der Waals surface area contributed by atoms with E-state index in [1.807, 2.05) is 50.1 Å². The number of sulfone groups is 1. The summed E-state index contributed by atoms with van der Waals surface area (Å²) in [5.41, 5.74) is 2.05. The Morgan fingerprint density at radius 3 is 2.27 bits per heavy atom. The lowest BCUT2D eigenvalue weighted by Gasteiger charge is -2.26. The zero-order valence-electron chi connectivity index (χ0n) is 17.8. The second-order valence-corrected chi connectivity index (χ2v) is 9.81. The molecule has 158 valence electrons. The van der Waals surface area contributed by atoms with E-state index in [4.69, 9.17) is 0 Å². The van der Waals surface area contributed by atoms with Crippen molar-refractivity contribution < 1.29 is 13.2 Å². The van der Waals surface area contributed by atoms with E-state index in [2.05, 4.69) is 23.5 Å². The highest BCUT2D eigenvalue weighted by Gasteiger charge is 2.18. The van der Waals surface area contributed by atoms with Gasteiger partial charge in [-0.3, -0.25) is 9.69 Å². The molecular formula is C24H28N2O3S. The van der Waals surface area contributed by atoms with E-state index >= 15 is 0 Å². The van der Waals surface area contributed by atoms with Crippen LogP contribution in [0.4, 0.5) is 0 Å². The van der Waals surface area contributed by atoms with Crippen LogP contribution < -0.4 is 5.32 Å². The maximum Gasteiger partial charge on any atom is 0.234 e. The monoisotopic (exact) mass is 424 g/mol. The first-order valence-corrected chi connectivity index (χ1v) is 11.8. The maximum absolute atomic E-state index is 12.7. The van der Waals surface area contributed by atoms with Crippen molar-refractivity contribution in [3.05, 3.63) is 77.9 Å². The van der Waals surface area contributed by atoms with Gasteiger partial charge in [0.15, 0.2) is 9.84 Å². The third-order valence-corrected chi connectivity index (χ3v) is 6.64. The van der Waals surface area contributed by atoms with E-state index in [0.29, 0.717) is 4.90 Å². The Morgan fingerprint density at radius 1 is 0.967 bits per heavy atom. The molecule has 30 heavy (non-hydrogen) atoms. The van der Waals surface area contributed by atoms with Crippen LogP contribution in [0, 0.1) is 0 Å². The third kappa shape index (κ3) is 5.07. The smallest absolute Gasteiger partial charge is 0.234 e. The minimum Gasteiger partial charge on any atom is -0.348 e. The van der Waals surface area contributed by atoms with Crippen LogP contribution in [0.5, 0.6) is 0 Å². The average molecular weight is 425 g/mol. The van der Waals surface area contributed by atoms with Gasteiger partial charge in [-0.2, -0.15) is 0 Å². The van der Waals surface area contributed by atoms with Crippen LogP contribution in [0.2, 0.25) is 0 Å². The second-order valence-electron chi connectivity index (χ2n) is 7.79. The predicted molar refractivity (Wildman–Crippen MR) is 121 cm³/mol. The van der Waals surface area contributed by atoms with Crippen LogP contribution >= 0.6 is 0 Å². The quantitative estimate of drug-likeness (QED) is 0.620. The lowest BCUT2D eigenvalue weighted by atomic mass is 9.99. The molecule has 2 atom stereocenters. The molecule has 0 radical (unpaired) electrons. The van der Waals surface area contributed by atoms with E-state index in [1.54, 1.807) is 24.3 Å². The summed E-state index contributed by atoms with van der Waals surface area (Å²) >= 11 is 0. The van der Waals surface area contributed by atoms with Gasteiger partial charge >= 0.3 is 0 Å². The normalized spacial score (nSPS) is 13.9. The highest BCUT2D eigenvalue weighted by atomic mass is 32.2. The number of benzene rings is 3. The Morgan fingerprint density at radius 2 is 1.60 bits per heavy atom. The van der Waals surface area contributed by atoms with Crippen molar-refractivity contribution in [2.75, 3.05) is 19.8 Å². The van der Waals surface area contributed by atoms with Crippen LogP contribution in [0.15, 0.2) is 71.6 Å². The molecule has 3 rings (SSSR count). The molecular weight excluding hydrogens is 396 g/mol. The summed E-state index contributed by atoms with van der Waals surface area (Å²) < 4.78 is 23.3. The Bertz CT molecular complexity index is 1140. The van der Waals surface area contributed by atoms with Crippen LogP contribution in [0.3, 0.4) is 0 Å². The van der Waals surface area contributed by atoms with Crippen LogP contribution in [0.25, 0.3) is 10.8 Å². The molecule has 5 nitrogen and oxygen atoms in total. The topological polar surface area (TPSA) is 66.5 Å². The van der Waals surface area contributed by atoms with E-state index in [-0.39, 0.29) is 24.5 Å². The molecule has 0 heterocycles. The Kier molecular flexibility index (Phi) is 6.58. The molecule has 0 aromatic heterocycles. The molecule has 1 amide bonds. The fraction of sp³-hybridized carbons (Fsp3) is 0.292. The molecule has 0 aliphatic carbocycles. The number of nitrogens with zero attached hydrogens (tertiary/aromatic N) is 1. The first-order chi connectivity index (χ1) is 14.2. The van der Waals surface area contributed by atoms with Gasteiger partial charge in [-0.1, -0.05) is 54.6 Å². The molecule has 0 aliphatic heterocycles. The number of amides is 1. The Balaban J connectivity index is 1.65. The number of hydrogen-bond acceptors (Lipinski definition) is 4. The lowest BCUT2D eigenvalue weighted by molar-refractivity contribution is -0.123. The van der Waals surface area contributed by atoms with E-state index in [9.17, 15) is 13.2 Å². The van der Waals surface area contributed by atoms with E-state index in [1.165, 1.54) is 6.26 Å². The summed E-state index contributed by atoms with van der Waals surface area (Å²) in [5, 5.41) is 5.39. The minimum atomic E-state index is -3.22. The molecule has 0 aliphatic rings. The van der Waals surface area contributed by atoms with Gasteiger partial charge in [0.05, 0.1) is 17.5 Å². The largest absolute Gasteiger partial charge is 0.348 e. The van der Waals surface area contributed by atoms with E-state index < -0.39 is 9.84 Å². The molecule has 0 spiro atoms. The maximum atomic E-state index is 12.7. The number of carbonyl (C=O) groups is 1. The first-order valence-electron chi connectivity index (χ1n) is 9.94.